The van der Waals surface area contributed by atoms with Gasteiger partial charge in [0.05, 0.1) is 12.3 Å². The Bertz CT molecular complexity index is 237. The molecule has 0 spiro atoms. The normalized spacial score (nSPS) is 20.7. The third-order valence-corrected chi connectivity index (χ3v) is 2.81. The average molecular weight is 179 g/mol. The highest BCUT2D eigenvalue weighted by Crippen LogP contribution is 2.21. The molecule has 1 fully saturated rings. The van der Waals surface area contributed by atoms with Crippen molar-refractivity contribution in [1.29, 1.82) is 0 Å². The molecule has 72 valence electrons. The van der Waals surface area contributed by atoms with Crippen LogP contribution in [0.2, 0.25) is 0 Å². The highest BCUT2D eigenvalue weighted by Gasteiger charge is 2.18. The molecule has 0 unspecified atom stereocenters. The zero-order valence-electron chi connectivity index (χ0n) is 8.12. The molecule has 2 rings (SSSR count). The van der Waals surface area contributed by atoms with Crippen LogP contribution in [0.5, 0.6) is 0 Å². The lowest BCUT2D eigenvalue weighted by molar-refractivity contribution is 0.390. The summed E-state index contributed by atoms with van der Waals surface area (Å²) >= 11 is 0. The number of nitrogens with one attached hydrogen (secondary N) is 1. The van der Waals surface area contributed by atoms with Crippen molar-refractivity contribution >= 4 is 0 Å². The molecule has 13 heavy (non-hydrogen) atoms. The van der Waals surface area contributed by atoms with Crippen molar-refractivity contribution < 1.29 is 4.42 Å². The molecule has 1 N–H and O–H groups in total. The fourth-order valence-electron chi connectivity index (χ4n) is 2.07. The minimum atomic E-state index is 0.359. The Morgan fingerprint density at radius 3 is 2.85 bits per heavy atom. The van der Waals surface area contributed by atoms with Gasteiger partial charge in [-0.15, -0.1) is 0 Å². The molecule has 0 aliphatic heterocycles. The molecule has 0 radical (unpaired) electrons. The molecule has 1 aliphatic carbocycles. The summed E-state index contributed by atoms with van der Waals surface area (Å²) in [5.74, 6) is 1.05. The smallest absolute Gasteiger partial charge is 0.120 e. The summed E-state index contributed by atoms with van der Waals surface area (Å²) in [6.07, 6.45) is 7.14. The van der Waals surface area contributed by atoms with E-state index in [0.29, 0.717) is 12.1 Å². The summed E-state index contributed by atoms with van der Waals surface area (Å²) < 4.78 is 5.34. The van der Waals surface area contributed by atoms with Crippen molar-refractivity contribution in [3.63, 3.8) is 0 Å². The van der Waals surface area contributed by atoms with Gasteiger partial charge in [0, 0.05) is 6.04 Å². The predicted octanol–water partition coefficient (Wildman–Crippen LogP) is 2.87. The van der Waals surface area contributed by atoms with Gasteiger partial charge in [0.2, 0.25) is 0 Å². The topological polar surface area (TPSA) is 25.2 Å². The fourth-order valence-corrected chi connectivity index (χ4v) is 2.07. The molecule has 0 aromatic carbocycles. The molecule has 1 aromatic rings. The first-order chi connectivity index (χ1) is 6.36. The second kappa shape index (κ2) is 3.97. The zero-order valence-corrected chi connectivity index (χ0v) is 8.12. The fraction of sp³-hybridized carbons (Fsp3) is 0.636. The second-order valence-corrected chi connectivity index (χ2v) is 3.89. The van der Waals surface area contributed by atoms with Gasteiger partial charge < -0.3 is 9.73 Å². The van der Waals surface area contributed by atoms with E-state index in [1.807, 2.05) is 12.1 Å². The molecule has 1 atom stereocenters. The lowest BCUT2D eigenvalue weighted by Gasteiger charge is -2.16. The van der Waals surface area contributed by atoms with E-state index in [1.54, 1.807) is 6.26 Å². The van der Waals surface area contributed by atoms with Crippen LogP contribution >= 0.6 is 0 Å². The van der Waals surface area contributed by atoms with Crippen molar-refractivity contribution in [2.24, 2.45) is 0 Å². The maximum atomic E-state index is 5.34. The summed E-state index contributed by atoms with van der Waals surface area (Å²) in [5.41, 5.74) is 0. The van der Waals surface area contributed by atoms with Gasteiger partial charge in [0.15, 0.2) is 0 Å². The van der Waals surface area contributed by atoms with E-state index < -0.39 is 0 Å². The summed E-state index contributed by atoms with van der Waals surface area (Å²) in [7, 11) is 0. The first-order valence-corrected chi connectivity index (χ1v) is 5.16. The maximum Gasteiger partial charge on any atom is 0.120 e. The van der Waals surface area contributed by atoms with Crippen LogP contribution in [0.15, 0.2) is 22.8 Å². The van der Waals surface area contributed by atoms with Crippen molar-refractivity contribution in [3.05, 3.63) is 24.2 Å². The van der Waals surface area contributed by atoms with Gasteiger partial charge in [0.1, 0.15) is 5.76 Å². The Morgan fingerprint density at radius 2 is 2.23 bits per heavy atom. The van der Waals surface area contributed by atoms with Gasteiger partial charge >= 0.3 is 0 Å². The van der Waals surface area contributed by atoms with Crippen molar-refractivity contribution in [1.82, 2.24) is 5.32 Å². The van der Waals surface area contributed by atoms with Crippen molar-refractivity contribution in [3.8, 4) is 0 Å². The Labute approximate surface area is 79.3 Å². The average Bonchev–Trinajstić information content (AvgIpc) is 2.74. The first kappa shape index (κ1) is 8.82. The van der Waals surface area contributed by atoms with Gasteiger partial charge in [-0.05, 0) is 31.9 Å². The largest absolute Gasteiger partial charge is 0.468 e. The predicted molar refractivity (Wildman–Crippen MR) is 52.5 cm³/mol. The van der Waals surface area contributed by atoms with Crippen molar-refractivity contribution in [2.75, 3.05) is 0 Å². The van der Waals surface area contributed by atoms with Crippen LogP contribution in [-0.4, -0.2) is 6.04 Å². The van der Waals surface area contributed by atoms with Gasteiger partial charge in [-0.2, -0.15) is 0 Å². The van der Waals surface area contributed by atoms with E-state index in [1.165, 1.54) is 25.7 Å². The van der Waals surface area contributed by atoms with Gasteiger partial charge in [-0.3, -0.25) is 0 Å². The van der Waals surface area contributed by atoms with E-state index in [0.717, 1.165) is 5.76 Å². The SMILES string of the molecule is C[C@@H](NC1CCCC1)c1ccco1. The van der Waals surface area contributed by atoms with Crippen LogP contribution < -0.4 is 5.32 Å². The van der Waals surface area contributed by atoms with Crippen LogP contribution in [0.1, 0.15) is 44.4 Å². The minimum absolute atomic E-state index is 0.359. The van der Waals surface area contributed by atoms with Crippen LogP contribution in [0, 0.1) is 0 Å². The Kier molecular flexibility index (Phi) is 2.69. The third kappa shape index (κ3) is 2.13. The Balaban J connectivity index is 1.87. The first-order valence-electron chi connectivity index (χ1n) is 5.16. The molecule has 1 aromatic heterocycles. The second-order valence-electron chi connectivity index (χ2n) is 3.89. The number of furan rings is 1. The van der Waals surface area contributed by atoms with Crippen LogP contribution in [0.3, 0.4) is 0 Å². The summed E-state index contributed by atoms with van der Waals surface area (Å²) in [6, 6.07) is 5.05. The van der Waals surface area contributed by atoms with E-state index in [9.17, 15) is 0 Å². The molecule has 2 heteroatoms. The molecule has 1 aliphatic rings. The van der Waals surface area contributed by atoms with Gasteiger partial charge in [-0.1, -0.05) is 12.8 Å². The molecule has 1 heterocycles. The number of hydrogen-bond acceptors (Lipinski definition) is 2. The summed E-state index contributed by atoms with van der Waals surface area (Å²) in [6.45, 7) is 2.16. The van der Waals surface area contributed by atoms with E-state index in [-0.39, 0.29) is 0 Å². The molecular weight excluding hydrogens is 162 g/mol. The summed E-state index contributed by atoms with van der Waals surface area (Å²) in [4.78, 5) is 0. The highest BCUT2D eigenvalue weighted by molar-refractivity contribution is 5.03. The Hall–Kier alpha value is -0.760. The van der Waals surface area contributed by atoms with E-state index in [4.69, 9.17) is 4.42 Å². The number of rotatable bonds is 3. The van der Waals surface area contributed by atoms with Crippen LogP contribution in [0.25, 0.3) is 0 Å². The standard InChI is InChI=1S/C11H17NO/c1-9(11-7-4-8-13-11)12-10-5-2-3-6-10/h4,7-10,12H,2-3,5-6H2,1H3/t9-/m1/s1. The molecular formula is C11H17NO. The van der Waals surface area contributed by atoms with Gasteiger partial charge in [0.25, 0.3) is 0 Å². The quantitative estimate of drug-likeness (QED) is 0.771. The Morgan fingerprint density at radius 1 is 1.46 bits per heavy atom. The molecule has 0 saturated heterocycles. The van der Waals surface area contributed by atoms with Crippen LogP contribution in [0.4, 0.5) is 0 Å². The lowest BCUT2D eigenvalue weighted by Crippen LogP contribution is -2.28. The molecule has 1 saturated carbocycles. The maximum absolute atomic E-state index is 5.34. The summed E-state index contributed by atoms with van der Waals surface area (Å²) in [5, 5.41) is 3.59. The van der Waals surface area contributed by atoms with Crippen molar-refractivity contribution in [2.45, 2.75) is 44.7 Å². The molecule has 2 nitrogen and oxygen atoms in total. The molecule has 0 amide bonds. The lowest BCUT2D eigenvalue weighted by atomic mass is 10.2. The van der Waals surface area contributed by atoms with Gasteiger partial charge in [-0.25, -0.2) is 0 Å². The highest BCUT2D eigenvalue weighted by atomic mass is 16.3. The minimum Gasteiger partial charge on any atom is -0.468 e. The zero-order chi connectivity index (χ0) is 9.10. The molecule has 0 bridgehead atoms. The monoisotopic (exact) mass is 179 g/mol. The third-order valence-electron chi connectivity index (χ3n) is 2.81. The number of hydrogen-bond donors (Lipinski definition) is 1. The van der Waals surface area contributed by atoms with E-state index in [2.05, 4.69) is 12.2 Å². The van der Waals surface area contributed by atoms with Crippen LogP contribution in [-0.2, 0) is 0 Å². The van der Waals surface area contributed by atoms with E-state index >= 15 is 0 Å².